The lowest BCUT2D eigenvalue weighted by atomic mass is 10.2. The normalized spacial score (nSPS) is 16.1. The van der Waals surface area contributed by atoms with E-state index in [1.807, 2.05) is 60.1 Å². The van der Waals surface area contributed by atoms with Crippen molar-refractivity contribution < 1.29 is 9.21 Å². The second kappa shape index (κ2) is 9.69. The number of hydrogen-bond donors (Lipinski definition) is 1. The Balaban J connectivity index is 1.33. The largest absolute Gasteiger partial charge is 0.459 e. The van der Waals surface area contributed by atoms with Gasteiger partial charge in [-0.2, -0.15) is 11.8 Å². The van der Waals surface area contributed by atoms with Crippen molar-refractivity contribution in [3.8, 4) is 0 Å². The summed E-state index contributed by atoms with van der Waals surface area (Å²) >= 11 is 2.02. The fourth-order valence-electron chi connectivity index (χ4n) is 3.75. The van der Waals surface area contributed by atoms with E-state index in [2.05, 4.69) is 35.3 Å². The number of hydrogen-bond acceptors (Lipinski definition) is 5. The first-order valence-electron chi connectivity index (χ1n) is 10.5. The molecule has 1 fully saturated rings. The number of furan rings is 1. The summed E-state index contributed by atoms with van der Waals surface area (Å²) in [5, 5.41) is 4.13. The zero-order valence-corrected chi connectivity index (χ0v) is 18.5. The maximum Gasteiger partial charge on any atom is 0.238 e. The highest BCUT2D eigenvalue weighted by atomic mass is 32.2. The molecule has 2 heterocycles. The molecule has 0 aliphatic carbocycles. The molecule has 1 unspecified atom stereocenters. The second-order valence-corrected chi connectivity index (χ2v) is 9.14. The molecular weight excluding hydrogens is 394 g/mol. The lowest BCUT2D eigenvalue weighted by molar-refractivity contribution is -0.117. The molecule has 0 bridgehead atoms. The minimum Gasteiger partial charge on any atom is -0.459 e. The van der Waals surface area contributed by atoms with Gasteiger partial charge in [0.1, 0.15) is 11.3 Å². The molecule has 0 spiro atoms. The quantitative estimate of drug-likeness (QED) is 0.601. The number of nitrogens with zero attached hydrogens (tertiary/aromatic N) is 2. The van der Waals surface area contributed by atoms with E-state index in [9.17, 15) is 4.79 Å². The van der Waals surface area contributed by atoms with Crippen molar-refractivity contribution in [2.45, 2.75) is 19.5 Å². The van der Waals surface area contributed by atoms with Gasteiger partial charge in [-0.3, -0.25) is 14.6 Å². The molecule has 30 heavy (non-hydrogen) atoms. The van der Waals surface area contributed by atoms with Gasteiger partial charge in [-0.25, -0.2) is 0 Å². The number of thioether (sulfide) groups is 1. The predicted molar refractivity (Wildman–Crippen MR) is 125 cm³/mol. The molecule has 1 N–H and O–H groups in total. The van der Waals surface area contributed by atoms with Crippen molar-refractivity contribution in [2.75, 3.05) is 43.5 Å². The molecule has 158 valence electrons. The van der Waals surface area contributed by atoms with Crippen molar-refractivity contribution in [3.63, 3.8) is 0 Å². The number of benzene rings is 2. The van der Waals surface area contributed by atoms with Crippen LogP contribution in [0.5, 0.6) is 0 Å². The van der Waals surface area contributed by atoms with Crippen LogP contribution in [0.25, 0.3) is 11.0 Å². The van der Waals surface area contributed by atoms with E-state index in [1.165, 1.54) is 17.1 Å². The Morgan fingerprint density at radius 1 is 1.17 bits per heavy atom. The van der Waals surface area contributed by atoms with Gasteiger partial charge in [0.15, 0.2) is 0 Å². The molecule has 5 nitrogen and oxygen atoms in total. The number of rotatable bonds is 7. The number of likely N-dealkylation sites (N-methyl/N-ethyl adjacent to an activating group) is 1. The number of amides is 1. The van der Waals surface area contributed by atoms with Crippen LogP contribution < -0.4 is 5.32 Å². The highest BCUT2D eigenvalue weighted by Gasteiger charge is 2.19. The highest BCUT2D eigenvalue weighted by molar-refractivity contribution is 7.99. The summed E-state index contributed by atoms with van der Waals surface area (Å²) in [6, 6.07) is 18.2. The standard InChI is InChI=1S/C24H29N3O2S/c1-18(23-15-20-7-3-4-9-22(20)29-23)26(2)17-24(28)25-21-8-5-6-19(14-21)16-27-10-12-30-13-11-27/h3-9,14-15,18H,10-13,16-17H2,1-2H3,(H,25,28). The van der Waals surface area contributed by atoms with Crippen molar-refractivity contribution in [1.82, 2.24) is 9.80 Å². The SMILES string of the molecule is CC(c1cc2ccccc2o1)N(C)CC(=O)Nc1cccc(CN2CCSCC2)c1. The van der Waals surface area contributed by atoms with E-state index in [0.717, 1.165) is 42.1 Å². The van der Waals surface area contributed by atoms with Crippen LogP contribution in [0.15, 0.2) is 59.0 Å². The van der Waals surface area contributed by atoms with Crippen LogP contribution in [0, 0.1) is 0 Å². The van der Waals surface area contributed by atoms with Gasteiger partial charge in [0.05, 0.1) is 12.6 Å². The summed E-state index contributed by atoms with van der Waals surface area (Å²) in [6.07, 6.45) is 0. The Hall–Kier alpha value is -2.28. The zero-order chi connectivity index (χ0) is 20.9. The van der Waals surface area contributed by atoms with E-state index in [1.54, 1.807) is 0 Å². The molecule has 4 rings (SSSR count). The van der Waals surface area contributed by atoms with Crippen molar-refractivity contribution in [3.05, 3.63) is 65.9 Å². The van der Waals surface area contributed by atoms with Crippen LogP contribution in [0.4, 0.5) is 5.69 Å². The molecule has 1 aliphatic rings. The third-order valence-corrected chi connectivity index (χ3v) is 6.57. The zero-order valence-electron chi connectivity index (χ0n) is 17.6. The third-order valence-electron chi connectivity index (χ3n) is 5.63. The lowest BCUT2D eigenvalue weighted by Gasteiger charge is -2.26. The Kier molecular flexibility index (Phi) is 6.77. The number of nitrogens with one attached hydrogen (secondary N) is 1. The smallest absolute Gasteiger partial charge is 0.238 e. The van der Waals surface area contributed by atoms with Crippen molar-refractivity contribution in [2.24, 2.45) is 0 Å². The molecule has 1 amide bonds. The molecule has 0 radical (unpaired) electrons. The number of anilines is 1. The summed E-state index contributed by atoms with van der Waals surface area (Å²) in [5.74, 6) is 3.25. The molecule has 2 aromatic carbocycles. The molecular formula is C24H29N3O2S. The van der Waals surface area contributed by atoms with Crippen LogP contribution in [-0.4, -0.2) is 53.9 Å². The minimum atomic E-state index is -0.0213. The van der Waals surface area contributed by atoms with Crippen LogP contribution in [0.1, 0.15) is 24.3 Å². The first kappa shape index (κ1) is 21.0. The second-order valence-electron chi connectivity index (χ2n) is 7.91. The van der Waals surface area contributed by atoms with Gasteiger partial charge in [-0.1, -0.05) is 30.3 Å². The Morgan fingerprint density at radius 3 is 2.77 bits per heavy atom. The van der Waals surface area contributed by atoms with E-state index in [4.69, 9.17) is 4.42 Å². The summed E-state index contributed by atoms with van der Waals surface area (Å²) in [5.41, 5.74) is 2.97. The monoisotopic (exact) mass is 423 g/mol. The average Bonchev–Trinajstić information content (AvgIpc) is 3.18. The van der Waals surface area contributed by atoms with E-state index in [0.29, 0.717) is 6.54 Å². The van der Waals surface area contributed by atoms with Crippen molar-refractivity contribution >= 4 is 34.3 Å². The van der Waals surface area contributed by atoms with Gasteiger partial charge in [0.25, 0.3) is 0 Å². The molecule has 0 saturated carbocycles. The Morgan fingerprint density at radius 2 is 1.97 bits per heavy atom. The number of para-hydroxylation sites is 1. The maximum atomic E-state index is 12.6. The third kappa shape index (κ3) is 5.25. The van der Waals surface area contributed by atoms with Gasteiger partial charge < -0.3 is 9.73 Å². The fraction of sp³-hybridized carbons (Fsp3) is 0.375. The predicted octanol–water partition coefficient (Wildman–Crippen LogP) is 4.61. The highest BCUT2D eigenvalue weighted by Crippen LogP contribution is 2.26. The Labute approximate surface area is 182 Å². The van der Waals surface area contributed by atoms with Gasteiger partial charge in [-0.15, -0.1) is 0 Å². The van der Waals surface area contributed by atoms with Gasteiger partial charge in [0.2, 0.25) is 5.91 Å². The van der Waals surface area contributed by atoms with Gasteiger partial charge in [0, 0.05) is 42.2 Å². The molecule has 1 aromatic heterocycles. The lowest BCUT2D eigenvalue weighted by Crippen LogP contribution is -2.32. The van der Waals surface area contributed by atoms with E-state index >= 15 is 0 Å². The van der Waals surface area contributed by atoms with Crippen molar-refractivity contribution in [1.29, 1.82) is 0 Å². The van der Waals surface area contributed by atoms with E-state index < -0.39 is 0 Å². The van der Waals surface area contributed by atoms with Gasteiger partial charge in [-0.05, 0) is 43.8 Å². The molecule has 1 atom stereocenters. The van der Waals surface area contributed by atoms with Crippen LogP contribution in [0.3, 0.4) is 0 Å². The minimum absolute atomic E-state index is 0.00598. The summed E-state index contributed by atoms with van der Waals surface area (Å²) < 4.78 is 5.96. The molecule has 6 heteroatoms. The first-order chi connectivity index (χ1) is 14.6. The van der Waals surface area contributed by atoms with Gasteiger partial charge >= 0.3 is 0 Å². The van der Waals surface area contributed by atoms with Crippen LogP contribution in [-0.2, 0) is 11.3 Å². The summed E-state index contributed by atoms with van der Waals surface area (Å²) in [6.45, 7) is 5.55. The topological polar surface area (TPSA) is 48.7 Å². The summed E-state index contributed by atoms with van der Waals surface area (Å²) in [4.78, 5) is 17.1. The first-order valence-corrected chi connectivity index (χ1v) is 11.6. The molecule has 3 aromatic rings. The number of carbonyl (C=O) groups is 1. The van der Waals surface area contributed by atoms with Crippen LogP contribution >= 0.6 is 11.8 Å². The number of carbonyl (C=O) groups excluding carboxylic acids is 1. The van der Waals surface area contributed by atoms with Crippen LogP contribution in [0.2, 0.25) is 0 Å². The molecule has 1 aliphatic heterocycles. The Bertz CT molecular complexity index is 964. The van der Waals surface area contributed by atoms with E-state index in [-0.39, 0.29) is 11.9 Å². The number of fused-ring (bicyclic) bond motifs is 1. The fourth-order valence-corrected chi connectivity index (χ4v) is 4.73. The average molecular weight is 424 g/mol. The molecule has 1 saturated heterocycles. The maximum absolute atomic E-state index is 12.6. The summed E-state index contributed by atoms with van der Waals surface area (Å²) in [7, 11) is 1.95.